The Labute approximate surface area is 206 Å². The summed E-state index contributed by atoms with van der Waals surface area (Å²) < 4.78 is 79.5. The monoisotopic (exact) mass is 530 g/mol. The van der Waals surface area contributed by atoms with Crippen molar-refractivity contribution in [1.82, 2.24) is 9.62 Å². The number of nitrogens with zero attached hydrogens (tertiary/aromatic N) is 1. The molecule has 4 rings (SSSR count). The average molecular weight is 531 g/mol. The summed E-state index contributed by atoms with van der Waals surface area (Å²) >= 11 is 1.75. The molecule has 0 radical (unpaired) electrons. The molecule has 1 saturated carbocycles. The summed E-state index contributed by atoms with van der Waals surface area (Å²) in [6, 6.07) is 9.08. The minimum atomic E-state index is -4.54. The van der Waals surface area contributed by atoms with E-state index in [-0.39, 0.29) is 28.6 Å². The first kappa shape index (κ1) is 26.0. The molecule has 190 valence electrons. The largest absolute Gasteiger partial charge is 0.416 e. The van der Waals surface area contributed by atoms with Crippen molar-refractivity contribution in [3.63, 3.8) is 0 Å². The Balaban J connectivity index is 1.36. The van der Waals surface area contributed by atoms with Gasteiger partial charge in [0.05, 0.1) is 16.5 Å². The molecule has 1 heterocycles. The van der Waals surface area contributed by atoms with Gasteiger partial charge in [0.25, 0.3) is 0 Å². The number of hydrogen-bond donors (Lipinski definition) is 1. The van der Waals surface area contributed by atoms with Gasteiger partial charge in [-0.3, -0.25) is 4.79 Å². The van der Waals surface area contributed by atoms with E-state index in [9.17, 15) is 30.8 Å². The molecular weight excluding hydrogens is 504 g/mol. The molecule has 2 fully saturated rings. The van der Waals surface area contributed by atoms with E-state index in [1.807, 2.05) is 4.90 Å². The predicted octanol–water partition coefficient (Wildman–Crippen LogP) is 5.00. The summed E-state index contributed by atoms with van der Waals surface area (Å²) in [5.41, 5.74) is -0.0181. The maximum absolute atomic E-state index is 13.3. The SMILES string of the molecule is O=C(C1CCC(NS(=O)(=O)c2ccc(C(F)(F)F)cc2)CC1)N1CCSCC1c1ccc(F)cc1. The minimum Gasteiger partial charge on any atom is -0.334 e. The summed E-state index contributed by atoms with van der Waals surface area (Å²) in [6.45, 7) is 0.603. The molecule has 1 N–H and O–H groups in total. The third-order valence-electron chi connectivity index (χ3n) is 6.56. The highest BCUT2D eigenvalue weighted by Crippen LogP contribution is 2.35. The Kier molecular flexibility index (Phi) is 7.77. The molecule has 5 nitrogen and oxygen atoms in total. The van der Waals surface area contributed by atoms with Gasteiger partial charge in [-0.25, -0.2) is 17.5 Å². The van der Waals surface area contributed by atoms with Gasteiger partial charge in [-0.15, -0.1) is 0 Å². The topological polar surface area (TPSA) is 66.5 Å². The van der Waals surface area contributed by atoms with E-state index in [0.29, 0.717) is 32.2 Å². The normalized spacial score (nSPS) is 23.8. The lowest BCUT2D eigenvalue weighted by molar-refractivity contribution is -0.139. The average Bonchev–Trinajstić information content (AvgIpc) is 2.84. The van der Waals surface area contributed by atoms with Crippen molar-refractivity contribution in [1.29, 1.82) is 0 Å². The number of alkyl halides is 3. The van der Waals surface area contributed by atoms with Crippen LogP contribution in [0.3, 0.4) is 0 Å². The van der Waals surface area contributed by atoms with Crippen molar-refractivity contribution in [3.05, 3.63) is 65.5 Å². The fourth-order valence-electron chi connectivity index (χ4n) is 4.63. The van der Waals surface area contributed by atoms with Crippen LogP contribution in [0.2, 0.25) is 0 Å². The molecule has 0 aromatic heterocycles. The van der Waals surface area contributed by atoms with Gasteiger partial charge in [0.2, 0.25) is 15.9 Å². The first-order valence-electron chi connectivity index (χ1n) is 11.4. The van der Waals surface area contributed by atoms with Gasteiger partial charge in [0, 0.05) is 30.0 Å². The fraction of sp³-hybridized carbons (Fsp3) is 0.458. The molecule has 1 aliphatic carbocycles. The van der Waals surface area contributed by atoms with Crippen molar-refractivity contribution >= 4 is 27.7 Å². The van der Waals surface area contributed by atoms with Crippen LogP contribution >= 0.6 is 11.8 Å². The number of nitrogens with one attached hydrogen (secondary N) is 1. The van der Waals surface area contributed by atoms with Crippen molar-refractivity contribution in [2.24, 2.45) is 5.92 Å². The summed E-state index contributed by atoms with van der Waals surface area (Å²) in [7, 11) is -3.97. The number of amides is 1. The van der Waals surface area contributed by atoms with Crippen LogP contribution < -0.4 is 4.72 Å². The maximum Gasteiger partial charge on any atom is 0.416 e. The predicted molar refractivity (Wildman–Crippen MR) is 126 cm³/mol. The standard InChI is InChI=1S/C24H26F4N2O3S2/c25-19-7-1-16(2-8-19)22-15-34-14-13-30(22)23(31)17-3-9-20(10-4-17)29-35(32,33)21-11-5-18(6-12-21)24(26,27)28/h1-2,5-8,11-12,17,20,22,29H,3-4,9-10,13-15H2. The Morgan fingerprint density at radius 3 is 2.20 bits per heavy atom. The van der Waals surface area contributed by atoms with Crippen molar-refractivity contribution in [2.75, 3.05) is 18.1 Å². The molecule has 1 aliphatic heterocycles. The van der Waals surface area contributed by atoms with Crippen LogP contribution in [0.5, 0.6) is 0 Å². The lowest BCUT2D eigenvalue weighted by Gasteiger charge is -2.39. The van der Waals surface area contributed by atoms with Gasteiger partial charge in [-0.05, 0) is 67.6 Å². The minimum absolute atomic E-state index is 0.0312. The lowest BCUT2D eigenvalue weighted by atomic mass is 9.85. The van der Waals surface area contributed by atoms with Crippen molar-refractivity contribution < 1.29 is 30.8 Å². The number of thioether (sulfide) groups is 1. The fourth-order valence-corrected chi connectivity index (χ4v) is 7.02. The molecular formula is C24H26F4N2O3S2. The van der Waals surface area contributed by atoms with Crippen molar-refractivity contribution in [3.8, 4) is 0 Å². The molecule has 35 heavy (non-hydrogen) atoms. The van der Waals surface area contributed by atoms with E-state index in [1.54, 1.807) is 23.9 Å². The molecule has 11 heteroatoms. The van der Waals surface area contributed by atoms with Crippen LogP contribution in [0.4, 0.5) is 17.6 Å². The zero-order chi connectivity index (χ0) is 25.2. The van der Waals surface area contributed by atoms with Crippen LogP contribution in [-0.4, -0.2) is 43.3 Å². The number of halogens is 4. The van der Waals surface area contributed by atoms with E-state index in [2.05, 4.69) is 4.72 Å². The number of hydrogen-bond acceptors (Lipinski definition) is 4. The first-order chi connectivity index (χ1) is 16.5. The number of carbonyl (C=O) groups is 1. The Hall–Kier alpha value is -2.11. The quantitative estimate of drug-likeness (QED) is 0.553. The number of rotatable bonds is 5. The second kappa shape index (κ2) is 10.5. The zero-order valence-electron chi connectivity index (χ0n) is 18.8. The molecule has 1 amide bonds. The van der Waals surface area contributed by atoms with E-state index < -0.39 is 27.8 Å². The van der Waals surface area contributed by atoms with Crippen LogP contribution in [-0.2, 0) is 21.0 Å². The zero-order valence-corrected chi connectivity index (χ0v) is 20.4. The number of carbonyl (C=O) groups excluding carboxylic acids is 1. The number of benzene rings is 2. The number of sulfonamides is 1. The van der Waals surface area contributed by atoms with Crippen LogP contribution in [0.1, 0.15) is 42.9 Å². The molecule has 1 unspecified atom stereocenters. The maximum atomic E-state index is 13.3. The van der Waals surface area contributed by atoms with Gasteiger partial charge < -0.3 is 4.90 Å². The van der Waals surface area contributed by atoms with Crippen LogP contribution in [0.15, 0.2) is 53.4 Å². The van der Waals surface area contributed by atoms with Gasteiger partial charge in [-0.1, -0.05) is 12.1 Å². The Bertz CT molecular complexity index is 1130. The summed E-state index contributed by atoms with van der Waals surface area (Å²) in [4.78, 5) is 15.0. The Morgan fingerprint density at radius 2 is 1.60 bits per heavy atom. The molecule has 1 atom stereocenters. The molecule has 2 aromatic rings. The highest BCUT2D eigenvalue weighted by molar-refractivity contribution is 7.99. The molecule has 0 bridgehead atoms. The molecule has 0 spiro atoms. The smallest absolute Gasteiger partial charge is 0.334 e. The molecule has 2 aromatic carbocycles. The lowest BCUT2D eigenvalue weighted by Crippen LogP contribution is -2.46. The van der Waals surface area contributed by atoms with Crippen LogP contribution in [0.25, 0.3) is 0 Å². The summed E-state index contributed by atoms with van der Waals surface area (Å²) in [5.74, 6) is 1.04. The van der Waals surface area contributed by atoms with Gasteiger partial charge in [0.15, 0.2) is 0 Å². The van der Waals surface area contributed by atoms with E-state index in [0.717, 1.165) is 41.3 Å². The third kappa shape index (κ3) is 6.18. The van der Waals surface area contributed by atoms with Gasteiger partial charge in [0.1, 0.15) is 5.82 Å². The molecule has 2 aliphatic rings. The van der Waals surface area contributed by atoms with Crippen LogP contribution in [0, 0.1) is 11.7 Å². The highest BCUT2D eigenvalue weighted by atomic mass is 32.2. The summed E-state index contributed by atoms with van der Waals surface area (Å²) in [5, 5.41) is 0. The summed E-state index contributed by atoms with van der Waals surface area (Å²) in [6.07, 6.45) is -2.60. The Morgan fingerprint density at radius 1 is 0.971 bits per heavy atom. The molecule has 1 saturated heterocycles. The third-order valence-corrected chi connectivity index (χ3v) is 9.12. The first-order valence-corrected chi connectivity index (χ1v) is 14.0. The van der Waals surface area contributed by atoms with Crippen molar-refractivity contribution in [2.45, 2.75) is 48.8 Å². The van der Waals surface area contributed by atoms with Gasteiger partial charge in [-0.2, -0.15) is 24.9 Å². The van der Waals surface area contributed by atoms with E-state index in [1.165, 1.54) is 12.1 Å². The second-order valence-electron chi connectivity index (χ2n) is 8.87. The second-order valence-corrected chi connectivity index (χ2v) is 11.7. The van der Waals surface area contributed by atoms with E-state index >= 15 is 0 Å². The highest BCUT2D eigenvalue weighted by Gasteiger charge is 2.36. The van der Waals surface area contributed by atoms with E-state index in [4.69, 9.17) is 0 Å². The van der Waals surface area contributed by atoms with Gasteiger partial charge >= 0.3 is 6.18 Å².